The normalized spacial score (nSPS) is 12.3. The van der Waals surface area contributed by atoms with Crippen LogP contribution in [0.2, 0.25) is 0 Å². The van der Waals surface area contributed by atoms with Gasteiger partial charge in [-0.05, 0) is 25.5 Å². The summed E-state index contributed by atoms with van der Waals surface area (Å²) in [5.74, 6) is 1.69. The number of pyridine rings is 1. The second kappa shape index (κ2) is 6.43. The molecule has 6 heteroatoms. The van der Waals surface area contributed by atoms with Crippen LogP contribution in [-0.2, 0) is 6.42 Å². The Morgan fingerprint density at radius 2 is 2.23 bits per heavy atom. The molecule has 6 nitrogen and oxygen atoms in total. The lowest BCUT2D eigenvalue weighted by atomic mass is 10.3. The third kappa shape index (κ3) is 3.16. The lowest BCUT2D eigenvalue weighted by Gasteiger charge is -2.16. The molecule has 0 saturated heterocycles. The lowest BCUT2D eigenvalue weighted by molar-refractivity contribution is 0.233. The molecule has 0 radical (unpaired) electrons. The van der Waals surface area contributed by atoms with Gasteiger partial charge in [0.25, 0.3) is 0 Å². The summed E-state index contributed by atoms with van der Waals surface area (Å²) in [6, 6.07) is 7.69. The zero-order valence-electron chi connectivity index (χ0n) is 12.7. The van der Waals surface area contributed by atoms with Gasteiger partial charge in [0.2, 0.25) is 0 Å². The minimum absolute atomic E-state index is 0.00746. The van der Waals surface area contributed by atoms with E-state index in [-0.39, 0.29) is 6.10 Å². The fourth-order valence-electron chi connectivity index (χ4n) is 2.21. The first-order chi connectivity index (χ1) is 10.8. The van der Waals surface area contributed by atoms with Gasteiger partial charge in [0.05, 0.1) is 18.9 Å². The predicted molar refractivity (Wildman–Crippen MR) is 85.2 cm³/mol. The number of hydrogen-bond donors (Lipinski definition) is 1. The molecule has 1 unspecified atom stereocenters. The minimum Gasteiger partial charge on any atom is -0.487 e. The third-order valence-corrected chi connectivity index (χ3v) is 3.32. The number of aromatic nitrogens is 4. The first kappa shape index (κ1) is 14.3. The maximum Gasteiger partial charge on any atom is 0.157 e. The summed E-state index contributed by atoms with van der Waals surface area (Å²) >= 11 is 0. The molecule has 0 aliphatic carbocycles. The van der Waals surface area contributed by atoms with Gasteiger partial charge in [-0.25, -0.2) is 4.98 Å². The van der Waals surface area contributed by atoms with Crippen LogP contribution in [0.4, 0.5) is 5.82 Å². The predicted octanol–water partition coefficient (Wildman–Crippen LogP) is 2.57. The SMILES string of the molecule is CCc1cc(NCC(C)Oc2cccnc2)n2nccc2n1. The topological polar surface area (TPSA) is 64.3 Å². The molecule has 0 spiro atoms. The van der Waals surface area contributed by atoms with Crippen LogP contribution in [0.15, 0.2) is 42.9 Å². The van der Waals surface area contributed by atoms with E-state index in [0.29, 0.717) is 6.54 Å². The molecule has 0 saturated carbocycles. The Balaban J connectivity index is 1.69. The number of hydrogen-bond acceptors (Lipinski definition) is 5. The summed E-state index contributed by atoms with van der Waals surface area (Å²) in [6.07, 6.45) is 6.09. The average molecular weight is 297 g/mol. The monoisotopic (exact) mass is 297 g/mol. The number of ether oxygens (including phenoxy) is 1. The first-order valence-corrected chi connectivity index (χ1v) is 7.40. The van der Waals surface area contributed by atoms with Crippen molar-refractivity contribution in [3.8, 4) is 5.75 Å². The molecule has 114 valence electrons. The van der Waals surface area contributed by atoms with Crippen molar-refractivity contribution in [3.63, 3.8) is 0 Å². The Kier molecular flexibility index (Phi) is 4.18. The molecule has 0 amide bonds. The maximum absolute atomic E-state index is 5.82. The van der Waals surface area contributed by atoms with Crippen molar-refractivity contribution in [3.05, 3.63) is 48.5 Å². The minimum atomic E-state index is 0.00746. The van der Waals surface area contributed by atoms with E-state index in [1.165, 1.54) is 0 Å². The number of aryl methyl sites for hydroxylation is 1. The highest BCUT2D eigenvalue weighted by Gasteiger charge is 2.08. The first-order valence-electron chi connectivity index (χ1n) is 7.40. The van der Waals surface area contributed by atoms with Crippen molar-refractivity contribution in [2.75, 3.05) is 11.9 Å². The van der Waals surface area contributed by atoms with Crippen LogP contribution in [0.1, 0.15) is 19.5 Å². The lowest BCUT2D eigenvalue weighted by Crippen LogP contribution is -2.24. The standard InChI is InChI=1S/C16H19N5O/c1-3-13-9-16(21-15(20-13)6-8-19-21)18-10-12(2)22-14-5-4-7-17-11-14/h4-9,11-12,18H,3,10H2,1-2H3. The highest BCUT2D eigenvalue weighted by Crippen LogP contribution is 2.14. The van der Waals surface area contributed by atoms with Crippen LogP contribution in [0.3, 0.4) is 0 Å². The molecule has 3 rings (SSSR count). The molecular formula is C16H19N5O. The fourth-order valence-corrected chi connectivity index (χ4v) is 2.21. The number of nitrogens with zero attached hydrogens (tertiary/aromatic N) is 4. The van der Waals surface area contributed by atoms with Crippen LogP contribution in [0.25, 0.3) is 5.65 Å². The van der Waals surface area contributed by atoms with E-state index in [1.807, 2.05) is 31.2 Å². The molecule has 0 fully saturated rings. The van der Waals surface area contributed by atoms with Gasteiger partial charge < -0.3 is 10.1 Å². The zero-order chi connectivity index (χ0) is 15.4. The van der Waals surface area contributed by atoms with Gasteiger partial charge >= 0.3 is 0 Å². The molecule has 1 atom stereocenters. The summed E-state index contributed by atoms with van der Waals surface area (Å²) < 4.78 is 7.62. The summed E-state index contributed by atoms with van der Waals surface area (Å²) in [5.41, 5.74) is 1.89. The Morgan fingerprint density at radius 1 is 1.32 bits per heavy atom. The maximum atomic E-state index is 5.82. The van der Waals surface area contributed by atoms with Gasteiger partial charge in [-0.15, -0.1) is 0 Å². The van der Waals surface area contributed by atoms with Gasteiger partial charge in [-0.1, -0.05) is 6.92 Å². The Hall–Kier alpha value is -2.63. The smallest absolute Gasteiger partial charge is 0.157 e. The number of fused-ring (bicyclic) bond motifs is 1. The fraction of sp³-hybridized carbons (Fsp3) is 0.312. The Morgan fingerprint density at radius 3 is 3.00 bits per heavy atom. The molecule has 1 N–H and O–H groups in total. The van der Waals surface area contributed by atoms with Crippen LogP contribution in [-0.4, -0.2) is 32.2 Å². The van der Waals surface area contributed by atoms with Crippen LogP contribution < -0.4 is 10.1 Å². The van der Waals surface area contributed by atoms with Gasteiger partial charge in [0.15, 0.2) is 5.65 Å². The van der Waals surface area contributed by atoms with E-state index >= 15 is 0 Å². The summed E-state index contributed by atoms with van der Waals surface area (Å²) in [6.45, 7) is 4.77. The van der Waals surface area contributed by atoms with Gasteiger partial charge in [0, 0.05) is 24.0 Å². The molecule has 0 aliphatic rings. The summed E-state index contributed by atoms with van der Waals surface area (Å²) in [7, 11) is 0. The molecule has 3 heterocycles. The summed E-state index contributed by atoms with van der Waals surface area (Å²) in [5, 5.41) is 7.68. The Bertz CT molecular complexity index is 741. The van der Waals surface area contributed by atoms with E-state index in [2.05, 4.69) is 27.3 Å². The van der Waals surface area contributed by atoms with Gasteiger partial charge in [0.1, 0.15) is 17.7 Å². The molecule has 3 aromatic rings. The molecule has 0 bridgehead atoms. The van der Waals surface area contributed by atoms with Crippen molar-refractivity contribution in [1.82, 2.24) is 19.6 Å². The molecule has 3 aromatic heterocycles. The Labute approximate surface area is 129 Å². The largest absolute Gasteiger partial charge is 0.487 e. The van der Waals surface area contributed by atoms with Gasteiger partial charge in [-0.3, -0.25) is 4.98 Å². The second-order valence-electron chi connectivity index (χ2n) is 5.09. The van der Waals surface area contributed by atoms with Crippen LogP contribution in [0, 0.1) is 0 Å². The van der Waals surface area contributed by atoms with Crippen molar-refractivity contribution >= 4 is 11.5 Å². The van der Waals surface area contributed by atoms with E-state index in [9.17, 15) is 0 Å². The quantitative estimate of drug-likeness (QED) is 0.757. The van der Waals surface area contributed by atoms with E-state index in [0.717, 1.165) is 29.3 Å². The number of rotatable bonds is 6. The molecule has 0 aliphatic heterocycles. The van der Waals surface area contributed by atoms with E-state index < -0.39 is 0 Å². The van der Waals surface area contributed by atoms with E-state index in [1.54, 1.807) is 23.1 Å². The van der Waals surface area contributed by atoms with E-state index in [4.69, 9.17) is 4.74 Å². The molecule has 22 heavy (non-hydrogen) atoms. The van der Waals surface area contributed by atoms with Crippen molar-refractivity contribution < 1.29 is 4.74 Å². The number of anilines is 1. The third-order valence-electron chi connectivity index (χ3n) is 3.32. The zero-order valence-corrected chi connectivity index (χ0v) is 12.7. The van der Waals surface area contributed by atoms with Crippen molar-refractivity contribution in [2.24, 2.45) is 0 Å². The molecule has 0 aromatic carbocycles. The van der Waals surface area contributed by atoms with Crippen LogP contribution >= 0.6 is 0 Å². The van der Waals surface area contributed by atoms with Gasteiger partial charge in [-0.2, -0.15) is 9.61 Å². The average Bonchev–Trinajstić information content (AvgIpc) is 3.02. The second-order valence-corrected chi connectivity index (χ2v) is 5.09. The summed E-state index contributed by atoms with van der Waals surface area (Å²) in [4.78, 5) is 8.58. The highest BCUT2D eigenvalue weighted by molar-refractivity contribution is 5.49. The molecular weight excluding hydrogens is 278 g/mol. The number of nitrogens with one attached hydrogen (secondary N) is 1. The van der Waals surface area contributed by atoms with Crippen molar-refractivity contribution in [1.29, 1.82) is 0 Å². The van der Waals surface area contributed by atoms with Crippen LogP contribution in [0.5, 0.6) is 5.75 Å². The van der Waals surface area contributed by atoms with Crippen molar-refractivity contribution in [2.45, 2.75) is 26.4 Å². The highest BCUT2D eigenvalue weighted by atomic mass is 16.5.